The van der Waals surface area contributed by atoms with Crippen molar-refractivity contribution < 1.29 is 0 Å². The maximum atomic E-state index is 11.7. The number of halogens is 2. The summed E-state index contributed by atoms with van der Waals surface area (Å²) in [7, 11) is 0. The van der Waals surface area contributed by atoms with Gasteiger partial charge in [-0.05, 0) is 38.0 Å². The molecule has 0 saturated carbocycles. The van der Waals surface area contributed by atoms with Gasteiger partial charge in [0, 0.05) is 58.1 Å². The minimum Gasteiger partial charge on any atom is -0.367 e. The van der Waals surface area contributed by atoms with Crippen LogP contribution in [0.5, 0.6) is 0 Å². The highest BCUT2D eigenvalue weighted by atomic mass is 127. The number of nitrogens with one attached hydrogen (secondary N) is 1. The van der Waals surface area contributed by atoms with E-state index in [1.165, 1.54) is 0 Å². The highest BCUT2D eigenvalue weighted by Crippen LogP contribution is 2.26. The Hall–Kier alpha value is -1.74. The molecule has 1 fully saturated rings. The second kappa shape index (κ2) is 12.8. The third-order valence-electron chi connectivity index (χ3n) is 5.07. The van der Waals surface area contributed by atoms with Crippen LogP contribution in [0.2, 0.25) is 5.02 Å². The molecular weight excluding hydrogens is 513 g/mol. The molecular formula is C22H31ClIN5O. The van der Waals surface area contributed by atoms with Gasteiger partial charge in [0.25, 0.3) is 0 Å². The lowest BCUT2D eigenvalue weighted by Gasteiger charge is -2.38. The first kappa shape index (κ1) is 24.5. The number of unbranched alkanes of at least 4 members (excludes halogenated alkanes) is 1. The Morgan fingerprint density at radius 1 is 1.07 bits per heavy atom. The minimum absolute atomic E-state index is 0. The summed E-state index contributed by atoms with van der Waals surface area (Å²) in [5.74, 6) is 0.975. The Bertz CT molecular complexity index is 864. The van der Waals surface area contributed by atoms with Crippen molar-refractivity contribution in [2.45, 2.75) is 26.3 Å². The number of hydrogen-bond donors (Lipinski definition) is 1. The van der Waals surface area contributed by atoms with Crippen molar-refractivity contribution in [1.82, 2.24) is 14.8 Å². The molecule has 1 aliphatic rings. The number of piperazine rings is 1. The summed E-state index contributed by atoms with van der Waals surface area (Å²) < 4.78 is 1.75. The number of anilines is 1. The molecule has 0 bridgehead atoms. The molecule has 3 rings (SSSR count). The summed E-state index contributed by atoms with van der Waals surface area (Å²) >= 11 is 6.35. The van der Waals surface area contributed by atoms with Crippen molar-refractivity contribution in [3.8, 4) is 0 Å². The van der Waals surface area contributed by atoms with Gasteiger partial charge in [0.1, 0.15) is 0 Å². The van der Waals surface area contributed by atoms with Crippen molar-refractivity contribution in [3.63, 3.8) is 0 Å². The Kier molecular flexibility index (Phi) is 10.5. The average Bonchev–Trinajstić information content (AvgIpc) is 2.74. The van der Waals surface area contributed by atoms with Crippen LogP contribution < -0.4 is 15.8 Å². The average molecular weight is 544 g/mol. The molecule has 1 N–H and O–H groups in total. The number of pyridine rings is 1. The van der Waals surface area contributed by atoms with E-state index in [0.717, 1.165) is 75.3 Å². The van der Waals surface area contributed by atoms with Gasteiger partial charge in [0.15, 0.2) is 5.96 Å². The number of rotatable bonds is 7. The monoisotopic (exact) mass is 543 g/mol. The predicted octanol–water partition coefficient (Wildman–Crippen LogP) is 3.69. The fourth-order valence-electron chi connectivity index (χ4n) is 3.52. The van der Waals surface area contributed by atoms with E-state index in [-0.39, 0.29) is 29.5 Å². The van der Waals surface area contributed by atoms with Crippen LogP contribution in [0.3, 0.4) is 0 Å². The van der Waals surface area contributed by atoms with Crippen LogP contribution in [0.1, 0.15) is 19.8 Å². The lowest BCUT2D eigenvalue weighted by Crippen LogP contribution is -2.52. The van der Waals surface area contributed by atoms with Crippen molar-refractivity contribution in [1.29, 1.82) is 0 Å². The van der Waals surface area contributed by atoms with Gasteiger partial charge in [0.05, 0.1) is 10.7 Å². The third kappa shape index (κ3) is 6.91. The molecule has 1 saturated heterocycles. The van der Waals surface area contributed by atoms with Gasteiger partial charge in [0.2, 0.25) is 5.56 Å². The van der Waals surface area contributed by atoms with Gasteiger partial charge in [-0.25, -0.2) is 0 Å². The molecule has 30 heavy (non-hydrogen) atoms. The van der Waals surface area contributed by atoms with E-state index >= 15 is 0 Å². The Labute approximate surface area is 201 Å². The number of hydrogen-bond acceptors (Lipinski definition) is 3. The number of aromatic nitrogens is 1. The molecule has 1 aromatic carbocycles. The van der Waals surface area contributed by atoms with Crippen LogP contribution in [-0.4, -0.2) is 54.7 Å². The van der Waals surface area contributed by atoms with Gasteiger partial charge in [-0.15, -0.1) is 24.0 Å². The molecule has 2 aromatic rings. The molecule has 1 aliphatic heterocycles. The van der Waals surface area contributed by atoms with Crippen molar-refractivity contribution >= 4 is 47.2 Å². The highest BCUT2D eigenvalue weighted by Gasteiger charge is 2.20. The minimum atomic E-state index is 0. The first-order valence-electron chi connectivity index (χ1n) is 10.4. The van der Waals surface area contributed by atoms with Crippen LogP contribution >= 0.6 is 35.6 Å². The Morgan fingerprint density at radius 3 is 2.50 bits per heavy atom. The molecule has 6 nitrogen and oxygen atoms in total. The zero-order valence-electron chi connectivity index (χ0n) is 17.5. The molecule has 0 aliphatic carbocycles. The van der Waals surface area contributed by atoms with Crippen LogP contribution in [0.15, 0.2) is 58.4 Å². The molecule has 0 radical (unpaired) electrons. The number of aryl methyl sites for hydroxylation is 1. The van der Waals surface area contributed by atoms with Crippen molar-refractivity contribution in [2.24, 2.45) is 4.99 Å². The zero-order chi connectivity index (χ0) is 20.5. The first-order chi connectivity index (χ1) is 14.2. The molecule has 164 valence electrons. The molecule has 0 amide bonds. The molecule has 0 spiro atoms. The highest BCUT2D eigenvalue weighted by molar-refractivity contribution is 14.0. The Morgan fingerprint density at radius 2 is 1.80 bits per heavy atom. The lowest BCUT2D eigenvalue weighted by atomic mass is 10.2. The van der Waals surface area contributed by atoms with E-state index in [1.807, 2.05) is 30.5 Å². The smallest absolute Gasteiger partial charge is 0.250 e. The number of benzene rings is 1. The Balaban J connectivity index is 0.00000320. The van der Waals surface area contributed by atoms with E-state index < -0.39 is 0 Å². The quantitative estimate of drug-likeness (QED) is 0.251. The predicted molar refractivity (Wildman–Crippen MR) is 137 cm³/mol. The fraction of sp³-hybridized carbons (Fsp3) is 0.455. The van der Waals surface area contributed by atoms with Gasteiger partial charge < -0.3 is 19.7 Å². The second-order valence-corrected chi connectivity index (χ2v) is 7.51. The molecule has 2 heterocycles. The third-order valence-corrected chi connectivity index (χ3v) is 5.39. The fourth-order valence-corrected chi connectivity index (χ4v) is 3.77. The summed E-state index contributed by atoms with van der Waals surface area (Å²) in [6.07, 6.45) is 3.73. The van der Waals surface area contributed by atoms with E-state index in [4.69, 9.17) is 16.6 Å². The van der Waals surface area contributed by atoms with Crippen LogP contribution in [-0.2, 0) is 6.54 Å². The summed E-state index contributed by atoms with van der Waals surface area (Å²) in [4.78, 5) is 21.2. The van der Waals surface area contributed by atoms with Crippen LogP contribution in [0.25, 0.3) is 0 Å². The molecule has 8 heteroatoms. The first-order valence-corrected chi connectivity index (χ1v) is 10.7. The maximum absolute atomic E-state index is 11.7. The summed E-state index contributed by atoms with van der Waals surface area (Å²) in [5, 5.41) is 4.22. The lowest BCUT2D eigenvalue weighted by molar-refractivity contribution is 0.372. The maximum Gasteiger partial charge on any atom is 0.250 e. The van der Waals surface area contributed by atoms with Crippen molar-refractivity contribution in [2.75, 3.05) is 44.2 Å². The normalized spacial score (nSPS) is 14.4. The number of guanidine groups is 1. The van der Waals surface area contributed by atoms with Crippen LogP contribution in [0, 0.1) is 0 Å². The number of aliphatic imine (C=N–C) groups is 1. The van der Waals surface area contributed by atoms with Gasteiger partial charge >= 0.3 is 0 Å². The van der Waals surface area contributed by atoms with E-state index in [2.05, 4.69) is 28.1 Å². The number of para-hydroxylation sites is 1. The van der Waals surface area contributed by atoms with Crippen LogP contribution in [0.4, 0.5) is 5.69 Å². The standard InChI is InChI=1S/C22H30ClN5O.HI/c1-2-24-22(25-12-6-8-14-27-13-7-5-11-21(27)29)28-17-15-26(16-18-28)20-10-4-3-9-19(20)23;/h3-5,7,9-11,13H,2,6,8,12,14-18H2,1H3,(H,24,25);1H. The molecule has 0 unspecified atom stereocenters. The number of nitrogens with zero attached hydrogens (tertiary/aromatic N) is 4. The summed E-state index contributed by atoms with van der Waals surface area (Å²) in [6.45, 7) is 8.11. The van der Waals surface area contributed by atoms with Gasteiger partial charge in [-0.3, -0.25) is 9.79 Å². The van der Waals surface area contributed by atoms with E-state index in [0.29, 0.717) is 0 Å². The van der Waals surface area contributed by atoms with E-state index in [9.17, 15) is 4.79 Å². The SMILES string of the molecule is CCNC(=NCCCCn1ccccc1=O)N1CCN(c2ccccc2Cl)CC1.I. The topological polar surface area (TPSA) is 52.9 Å². The molecule has 0 atom stereocenters. The molecule has 1 aromatic heterocycles. The summed E-state index contributed by atoms with van der Waals surface area (Å²) in [5.41, 5.74) is 1.16. The second-order valence-electron chi connectivity index (χ2n) is 7.10. The van der Waals surface area contributed by atoms with Gasteiger partial charge in [-0.1, -0.05) is 29.8 Å². The van der Waals surface area contributed by atoms with Gasteiger partial charge in [-0.2, -0.15) is 0 Å². The van der Waals surface area contributed by atoms with Crippen molar-refractivity contribution in [3.05, 3.63) is 64.0 Å². The largest absolute Gasteiger partial charge is 0.367 e. The zero-order valence-corrected chi connectivity index (χ0v) is 20.6. The van der Waals surface area contributed by atoms with E-state index in [1.54, 1.807) is 16.7 Å². The summed E-state index contributed by atoms with van der Waals surface area (Å²) in [6, 6.07) is 13.3.